The predicted molar refractivity (Wildman–Crippen MR) is 96.1 cm³/mol. The molecule has 0 bridgehead atoms. The van der Waals surface area contributed by atoms with Gasteiger partial charge < -0.3 is 4.57 Å². The Balaban J connectivity index is -0.0000000391. The van der Waals surface area contributed by atoms with E-state index in [0.717, 1.165) is 11.7 Å². The third kappa shape index (κ3) is 22.8. The summed E-state index contributed by atoms with van der Waals surface area (Å²) in [6.07, 6.45) is 3.83. The van der Waals surface area contributed by atoms with Crippen molar-refractivity contribution in [3.63, 3.8) is 0 Å². The number of rotatable bonds is 1. The lowest BCUT2D eigenvalue weighted by atomic mass is 10.3. The Morgan fingerprint density at radius 2 is 1.26 bits per heavy atom. The maximum atomic E-state index is 4.10. The van der Waals surface area contributed by atoms with Crippen LogP contribution in [0.1, 0.15) is 90.5 Å². The van der Waals surface area contributed by atoms with Crippen molar-refractivity contribution in [2.24, 2.45) is 5.92 Å². The molecule has 0 N–H and O–H groups in total. The van der Waals surface area contributed by atoms with E-state index in [4.69, 9.17) is 0 Å². The van der Waals surface area contributed by atoms with Gasteiger partial charge >= 0.3 is 0 Å². The summed E-state index contributed by atoms with van der Waals surface area (Å²) >= 11 is 0. The molecule has 0 aliphatic carbocycles. The van der Waals surface area contributed by atoms with Crippen LogP contribution < -0.4 is 0 Å². The first-order valence-electron chi connectivity index (χ1n) is 6.94. The van der Waals surface area contributed by atoms with E-state index in [-0.39, 0.29) is 16.3 Å². The topological polar surface area (TPSA) is 17.8 Å². The minimum Gasteiger partial charge on any atom is -0.333 e. The maximum absolute atomic E-state index is 4.10. The van der Waals surface area contributed by atoms with Crippen LogP contribution in [-0.4, -0.2) is 9.55 Å². The van der Waals surface area contributed by atoms with Gasteiger partial charge in [0.25, 0.3) is 0 Å². The molecule has 0 aliphatic heterocycles. The van der Waals surface area contributed by atoms with Crippen LogP contribution in [0.5, 0.6) is 0 Å². The molecular weight excluding hydrogens is 232 g/mol. The summed E-state index contributed by atoms with van der Waals surface area (Å²) in [4.78, 5) is 4.10. The maximum Gasteiger partial charge on any atom is 0.105 e. The van der Waals surface area contributed by atoms with Gasteiger partial charge in [0, 0.05) is 19.9 Å². The van der Waals surface area contributed by atoms with Crippen molar-refractivity contribution in [1.82, 2.24) is 9.55 Å². The second kappa shape index (κ2) is 22.4. The Hall–Kier alpha value is -0.790. The van der Waals surface area contributed by atoms with Gasteiger partial charge in [-0.3, -0.25) is 0 Å². The van der Waals surface area contributed by atoms with Crippen LogP contribution >= 0.6 is 0 Å². The zero-order valence-electron chi connectivity index (χ0n) is 13.7. The number of hydrogen-bond acceptors (Lipinski definition) is 1. The first kappa shape index (κ1) is 30.9. The highest BCUT2D eigenvalue weighted by Crippen LogP contribution is 2.05. The van der Waals surface area contributed by atoms with Crippen molar-refractivity contribution < 1.29 is 1.43 Å². The standard InChI is InChI=1S/C7H12N2.C4H10.2C2H6.2CH4.H2/c1-6(2)9-5-4-8-7(9)3;1-4(2)3;2*1-2;;;/h4-6H,1-3H3;4H,1-3H3;2*1-2H3;2*1H4;1H/i;;;;;;1+1. The molecule has 0 atom stereocenters. The zero-order valence-corrected chi connectivity index (χ0v) is 13.7. The fraction of sp³-hybridized carbons (Fsp3) is 0.824. The van der Waals surface area contributed by atoms with E-state index in [2.05, 4.69) is 44.2 Å². The van der Waals surface area contributed by atoms with E-state index < -0.39 is 0 Å². The summed E-state index contributed by atoms with van der Waals surface area (Å²) in [6, 6.07) is 0.535. The second-order valence-electron chi connectivity index (χ2n) is 4.21. The molecule has 2 nitrogen and oxygen atoms in total. The fourth-order valence-electron chi connectivity index (χ4n) is 0.933. The molecule has 0 fully saturated rings. The summed E-state index contributed by atoms with van der Waals surface area (Å²) in [5.41, 5.74) is 0. The first-order chi connectivity index (χ1) is 7.95. The Bertz CT molecular complexity index is 228. The van der Waals surface area contributed by atoms with Gasteiger partial charge in [-0.05, 0) is 26.7 Å². The number of imidazole rings is 1. The van der Waals surface area contributed by atoms with E-state index in [0.29, 0.717) is 6.04 Å². The SMILES string of the molecule is C.C.CC.CC.CC(C)C.Cc1nccn1C(C)C.[2HH]. The predicted octanol–water partition coefficient (Wildman–Crippen LogP) is 7.01. The molecule has 0 radical (unpaired) electrons. The third-order valence-corrected chi connectivity index (χ3v) is 1.42. The van der Waals surface area contributed by atoms with Crippen LogP contribution in [0.2, 0.25) is 0 Å². The highest BCUT2D eigenvalue weighted by molar-refractivity contribution is 4.90. The van der Waals surface area contributed by atoms with Crippen LogP contribution in [0, 0.1) is 12.8 Å². The van der Waals surface area contributed by atoms with E-state index in [1.165, 1.54) is 0 Å². The Labute approximate surface area is 126 Å². The summed E-state index contributed by atoms with van der Waals surface area (Å²) < 4.78 is 2.14. The average molecular weight is 278 g/mol. The van der Waals surface area contributed by atoms with E-state index in [1.54, 1.807) is 0 Å². The lowest BCUT2D eigenvalue weighted by Gasteiger charge is -2.07. The molecule has 1 heterocycles. The van der Waals surface area contributed by atoms with Gasteiger partial charge in [0.05, 0.1) is 0 Å². The number of aromatic nitrogens is 2. The van der Waals surface area contributed by atoms with Crippen molar-refractivity contribution in [3.8, 4) is 0 Å². The van der Waals surface area contributed by atoms with Crippen molar-refractivity contribution in [2.75, 3.05) is 0 Å². The van der Waals surface area contributed by atoms with E-state index in [9.17, 15) is 0 Å². The van der Waals surface area contributed by atoms with E-state index in [1.807, 2.05) is 47.0 Å². The van der Waals surface area contributed by atoms with Crippen LogP contribution in [-0.2, 0) is 0 Å². The van der Waals surface area contributed by atoms with Gasteiger partial charge in [0.2, 0.25) is 0 Å². The van der Waals surface area contributed by atoms with Crippen molar-refractivity contribution >= 4 is 0 Å². The molecule has 1 rings (SSSR count). The molecule has 0 amide bonds. The molecule has 19 heavy (non-hydrogen) atoms. The molecule has 0 unspecified atom stereocenters. The molecule has 1 aromatic rings. The molecule has 2 heteroatoms. The minimum absolute atomic E-state index is 0. The quantitative estimate of drug-likeness (QED) is 0.540. The molecule has 0 aliphatic rings. The Kier molecular flexibility index (Phi) is 36.4. The summed E-state index contributed by atoms with van der Waals surface area (Å²) in [7, 11) is 0. The van der Waals surface area contributed by atoms with Gasteiger partial charge in [0.15, 0.2) is 0 Å². The normalized spacial score (nSPS) is 7.58. The molecule has 0 saturated heterocycles. The molecule has 1 aromatic heterocycles. The first-order valence-corrected chi connectivity index (χ1v) is 6.94. The summed E-state index contributed by atoms with van der Waals surface area (Å²) in [5.74, 6) is 1.92. The smallest absolute Gasteiger partial charge is 0.105 e. The minimum atomic E-state index is 0. The van der Waals surface area contributed by atoms with Crippen molar-refractivity contribution in [1.29, 1.82) is 0 Å². The molecule has 0 saturated carbocycles. The molecule has 122 valence electrons. The zero-order chi connectivity index (χ0) is 14.4. The molecular formula is C17H44N2. The Morgan fingerprint density at radius 1 is 0.947 bits per heavy atom. The number of aryl methyl sites for hydroxylation is 1. The Morgan fingerprint density at radius 3 is 1.37 bits per heavy atom. The monoisotopic (exact) mass is 277 g/mol. The van der Waals surface area contributed by atoms with Crippen LogP contribution in [0.3, 0.4) is 0 Å². The van der Waals surface area contributed by atoms with Crippen LogP contribution in [0.25, 0.3) is 0 Å². The highest BCUT2D eigenvalue weighted by Gasteiger charge is 1.98. The van der Waals surface area contributed by atoms with Gasteiger partial charge in [-0.25, -0.2) is 4.98 Å². The molecule has 0 spiro atoms. The number of hydrogen-bond donors (Lipinski definition) is 0. The summed E-state index contributed by atoms with van der Waals surface area (Å²) in [5, 5.41) is 0. The van der Waals surface area contributed by atoms with Gasteiger partial charge in [-0.15, -0.1) is 0 Å². The largest absolute Gasteiger partial charge is 0.333 e. The van der Waals surface area contributed by atoms with Crippen LogP contribution in [0.15, 0.2) is 12.4 Å². The number of nitrogens with zero attached hydrogens (tertiary/aromatic N) is 2. The second-order valence-corrected chi connectivity index (χ2v) is 4.21. The fourth-order valence-corrected chi connectivity index (χ4v) is 0.933. The lowest BCUT2D eigenvalue weighted by Crippen LogP contribution is -2.00. The third-order valence-electron chi connectivity index (χ3n) is 1.42. The van der Waals surface area contributed by atoms with E-state index >= 15 is 0 Å². The van der Waals surface area contributed by atoms with Gasteiger partial charge in [-0.1, -0.05) is 63.3 Å². The average Bonchev–Trinajstić information content (AvgIpc) is 2.70. The summed E-state index contributed by atoms with van der Waals surface area (Å²) in [6.45, 7) is 20.8. The van der Waals surface area contributed by atoms with Gasteiger partial charge in [-0.2, -0.15) is 0 Å². The lowest BCUT2D eigenvalue weighted by molar-refractivity contribution is 0.582. The van der Waals surface area contributed by atoms with Crippen LogP contribution in [0.4, 0.5) is 0 Å². The van der Waals surface area contributed by atoms with Crippen molar-refractivity contribution in [3.05, 3.63) is 18.2 Å². The highest BCUT2D eigenvalue weighted by atomic mass is 15.1. The van der Waals surface area contributed by atoms with Gasteiger partial charge in [0.1, 0.15) is 5.82 Å². The molecule has 0 aromatic carbocycles. The van der Waals surface area contributed by atoms with Crippen molar-refractivity contribution in [2.45, 2.75) is 90.1 Å².